The van der Waals surface area contributed by atoms with Crippen molar-refractivity contribution in [3.05, 3.63) is 263 Å². The summed E-state index contributed by atoms with van der Waals surface area (Å²) in [6, 6.07) is 79.2. The van der Waals surface area contributed by atoms with Gasteiger partial charge in [0.15, 0.2) is 11.7 Å². The molecule has 3 heteroatoms. The molecule has 0 fully saturated rings. The third-order valence-electron chi connectivity index (χ3n) is 12.3. The molecule has 3 nitrogen and oxygen atoms in total. The Labute approximate surface area is 355 Å². The van der Waals surface area contributed by atoms with Crippen LogP contribution in [0.4, 0.5) is 0 Å². The van der Waals surface area contributed by atoms with Crippen molar-refractivity contribution in [3.8, 4) is 22.3 Å². The van der Waals surface area contributed by atoms with Crippen LogP contribution in [-0.2, 0) is 5.41 Å². The summed E-state index contributed by atoms with van der Waals surface area (Å²) < 4.78 is 0. The fourth-order valence-electron chi connectivity index (χ4n) is 9.50. The van der Waals surface area contributed by atoms with Gasteiger partial charge in [0, 0.05) is 22.9 Å². The van der Waals surface area contributed by atoms with Crippen LogP contribution in [-0.4, -0.2) is 17.9 Å². The number of hydrogen-bond donors (Lipinski definition) is 1. The van der Waals surface area contributed by atoms with Crippen molar-refractivity contribution in [2.24, 2.45) is 9.98 Å². The third kappa shape index (κ3) is 6.10. The molecule has 0 saturated heterocycles. The number of aliphatic imine (C=N–C) groups is 2. The number of benzene rings is 10. The molecule has 0 unspecified atom stereocenters. The van der Waals surface area contributed by atoms with Crippen LogP contribution in [0.15, 0.2) is 234 Å². The van der Waals surface area contributed by atoms with Gasteiger partial charge in [0.05, 0.1) is 5.41 Å². The van der Waals surface area contributed by atoms with Gasteiger partial charge in [-0.25, -0.2) is 9.98 Å². The maximum Gasteiger partial charge on any atom is 0.161 e. The van der Waals surface area contributed by atoms with E-state index in [1.807, 2.05) is 36.5 Å². The van der Waals surface area contributed by atoms with Gasteiger partial charge < -0.3 is 0 Å². The molecule has 61 heavy (non-hydrogen) atoms. The van der Waals surface area contributed by atoms with Crippen molar-refractivity contribution in [2.45, 2.75) is 5.41 Å². The SMILES string of the molecule is N=C(N=C(N=Cc1c2ccccc2cc2c1ccc1ccccc12)c1ccc2c(c1)-c1ccccc1C2(c1ccccc1)c1ccccc1)c1ccc(-c2ccccc2)cc1. The van der Waals surface area contributed by atoms with Gasteiger partial charge in [-0.3, -0.25) is 5.41 Å². The van der Waals surface area contributed by atoms with Crippen molar-refractivity contribution in [1.29, 1.82) is 5.41 Å². The molecular weight excluding hydrogens is 739 g/mol. The van der Waals surface area contributed by atoms with Crippen molar-refractivity contribution in [3.63, 3.8) is 0 Å². The summed E-state index contributed by atoms with van der Waals surface area (Å²) in [4.78, 5) is 10.4. The van der Waals surface area contributed by atoms with E-state index in [0.29, 0.717) is 11.4 Å². The predicted molar refractivity (Wildman–Crippen MR) is 256 cm³/mol. The Kier molecular flexibility index (Phi) is 8.87. The zero-order valence-electron chi connectivity index (χ0n) is 33.3. The lowest BCUT2D eigenvalue weighted by atomic mass is 9.67. The van der Waals surface area contributed by atoms with Crippen molar-refractivity contribution in [2.75, 3.05) is 0 Å². The van der Waals surface area contributed by atoms with E-state index in [2.05, 4.69) is 194 Å². The average Bonchev–Trinajstić information content (AvgIpc) is 3.63. The van der Waals surface area contributed by atoms with E-state index in [1.165, 1.54) is 44.0 Å². The zero-order valence-corrected chi connectivity index (χ0v) is 33.3. The molecule has 0 saturated carbocycles. The van der Waals surface area contributed by atoms with E-state index in [0.717, 1.165) is 44.0 Å². The highest BCUT2D eigenvalue weighted by atomic mass is 14.9. The van der Waals surface area contributed by atoms with Crippen LogP contribution in [0.1, 0.15) is 38.9 Å². The van der Waals surface area contributed by atoms with Crippen LogP contribution in [0.2, 0.25) is 0 Å². The number of rotatable bonds is 6. The van der Waals surface area contributed by atoms with Gasteiger partial charge in [-0.2, -0.15) is 0 Å². The van der Waals surface area contributed by atoms with Crippen LogP contribution >= 0.6 is 0 Å². The Morgan fingerprint density at radius 3 is 1.72 bits per heavy atom. The summed E-state index contributed by atoms with van der Waals surface area (Å²) in [5.74, 6) is 0.612. The molecule has 1 N–H and O–H groups in total. The zero-order chi connectivity index (χ0) is 40.8. The maximum atomic E-state index is 9.42. The molecule has 1 aliphatic carbocycles. The van der Waals surface area contributed by atoms with Gasteiger partial charge in [-0.1, -0.05) is 212 Å². The number of fused-ring (bicyclic) bond motifs is 7. The lowest BCUT2D eigenvalue weighted by Gasteiger charge is -2.33. The molecule has 10 aromatic carbocycles. The van der Waals surface area contributed by atoms with Crippen LogP contribution in [0, 0.1) is 5.41 Å². The van der Waals surface area contributed by atoms with E-state index in [1.54, 1.807) is 0 Å². The van der Waals surface area contributed by atoms with Crippen molar-refractivity contribution in [1.82, 2.24) is 0 Å². The first-order chi connectivity index (χ1) is 30.2. The van der Waals surface area contributed by atoms with E-state index >= 15 is 0 Å². The van der Waals surface area contributed by atoms with Gasteiger partial charge in [-0.05, 0) is 89.0 Å². The molecule has 0 aromatic heterocycles. The second-order valence-corrected chi connectivity index (χ2v) is 15.7. The molecular formula is C58H39N3. The Morgan fingerprint density at radius 1 is 0.410 bits per heavy atom. The molecule has 0 amide bonds. The number of hydrogen-bond acceptors (Lipinski definition) is 1. The van der Waals surface area contributed by atoms with E-state index < -0.39 is 5.41 Å². The van der Waals surface area contributed by atoms with Crippen LogP contribution in [0.3, 0.4) is 0 Å². The molecule has 286 valence electrons. The first kappa shape index (κ1) is 36.1. The van der Waals surface area contributed by atoms with Crippen LogP contribution in [0.5, 0.6) is 0 Å². The maximum absolute atomic E-state index is 9.42. The molecule has 0 bridgehead atoms. The van der Waals surface area contributed by atoms with Crippen molar-refractivity contribution < 1.29 is 0 Å². The molecule has 0 atom stereocenters. The first-order valence-corrected chi connectivity index (χ1v) is 20.7. The van der Waals surface area contributed by atoms with E-state index in [4.69, 9.17) is 9.98 Å². The smallest absolute Gasteiger partial charge is 0.161 e. The molecule has 0 spiro atoms. The topological polar surface area (TPSA) is 48.6 Å². The average molecular weight is 778 g/mol. The highest BCUT2D eigenvalue weighted by molar-refractivity contribution is 6.22. The quantitative estimate of drug-likeness (QED) is 0.0757. The predicted octanol–water partition coefficient (Wildman–Crippen LogP) is 14.1. The summed E-state index contributed by atoms with van der Waals surface area (Å²) in [6.45, 7) is 0. The summed E-state index contributed by atoms with van der Waals surface area (Å²) in [5, 5.41) is 16.4. The van der Waals surface area contributed by atoms with Crippen LogP contribution in [0.25, 0.3) is 54.6 Å². The minimum Gasteiger partial charge on any atom is -0.282 e. The molecule has 0 aliphatic heterocycles. The minimum absolute atomic E-state index is 0.143. The summed E-state index contributed by atoms with van der Waals surface area (Å²) in [5.41, 5.74) is 11.4. The van der Waals surface area contributed by atoms with Crippen molar-refractivity contribution >= 4 is 50.2 Å². The monoisotopic (exact) mass is 777 g/mol. The van der Waals surface area contributed by atoms with E-state index in [9.17, 15) is 5.41 Å². The Balaban J connectivity index is 1.11. The standard InChI is InChI=1S/C58H39N3/c59-56(42-30-28-40(29-31-42)39-16-4-1-5-17-39)61-57(60-38-53-48-25-13-11-19-43(48)36-51-47-24-12-10-18-41(47)32-34-49(51)53)44-33-35-55-52(37-44)50-26-14-15-27-54(50)58(55,45-20-6-2-7-21-45)46-22-8-3-9-23-46/h1-38,59H. The third-order valence-corrected chi connectivity index (χ3v) is 12.3. The number of nitrogens with zero attached hydrogens (tertiary/aromatic N) is 2. The van der Waals surface area contributed by atoms with Gasteiger partial charge >= 0.3 is 0 Å². The lowest BCUT2D eigenvalue weighted by molar-refractivity contribution is 0.768. The minimum atomic E-state index is -0.522. The highest BCUT2D eigenvalue weighted by Crippen LogP contribution is 2.56. The normalized spacial score (nSPS) is 13.1. The molecule has 10 aromatic rings. The number of nitrogens with one attached hydrogen (secondary N) is 1. The van der Waals surface area contributed by atoms with Gasteiger partial charge in [0.1, 0.15) is 0 Å². The fraction of sp³-hybridized carbons (Fsp3) is 0.0172. The van der Waals surface area contributed by atoms with Crippen LogP contribution < -0.4 is 0 Å². The lowest BCUT2D eigenvalue weighted by Crippen LogP contribution is -2.28. The highest BCUT2D eigenvalue weighted by Gasteiger charge is 2.46. The molecule has 11 rings (SSSR count). The summed E-state index contributed by atoms with van der Waals surface area (Å²) >= 11 is 0. The van der Waals surface area contributed by atoms with Gasteiger partial charge in [0.2, 0.25) is 0 Å². The summed E-state index contributed by atoms with van der Waals surface area (Å²) in [7, 11) is 0. The molecule has 1 aliphatic rings. The molecule has 0 radical (unpaired) electrons. The summed E-state index contributed by atoms with van der Waals surface area (Å²) in [6.07, 6.45) is 1.96. The van der Waals surface area contributed by atoms with Gasteiger partial charge in [0.25, 0.3) is 0 Å². The second kappa shape index (κ2) is 15.0. The Morgan fingerprint density at radius 2 is 0.984 bits per heavy atom. The first-order valence-electron chi connectivity index (χ1n) is 20.7. The Hall–Kier alpha value is -8.01. The second-order valence-electron chi connectivity index (χ2n) is 15.7. The largest absolute Gasteiger partial charge is 0.282 e. The van der Waals surface area contributed by atoms with E-state index in [-0.39, 0.29) is 5.84 Å². The fourth-order valence-corrected chi connectivity index (χ4v) is 9.50. The Bertz CT molecular complexity index is 3310. The number of amidine groups is 2. The molecule has 0 heterocycles. The van der Waals surface area contributed by atoms with Gasteiger partial charge in [-0.15, -0.1) is 0 Å².